The van der Waals surface area contributed by atoms with Gasteiger partial charge >= 0.3 is 0 Å². The molecule has 2 N–H and O–H groups in total. The smallest absolute Gasteiger partial charge is 0.242 e. The molecule has 1 aliphatic heterocycles. The van der Waals surface area contributed by atoms with E-state index in [0.717, 1.165) is 35.2 Å². The molecule has 2 heterocycles. The topological polar surface area (TPSA) is 106 Å². The largest absolute Gasteiger partial charge is 0.493 e. The van der Waals surface area contributed by atoms with Crippen molar-refractivity contribution in [2.45, 2.75) is 17.9 Å². The quantitative estimate of drug-likeness (QED) is 0.638. The van der Waals surface area contributed by atoms with Gasteiger partial charge in [0.25, 0.3) is 0 Å². The molecule has 0 fully saturated rings. The van der Waals surface area contributed by atoms with Crippen LogP contribution in [0.2, 0.25) is 0 Å². The fraction of sp³-hybridized carbons (Fsp3) is 0.300. The van der Waals surface area contributed by atoms with Gasteiger partial charge in [0.05, 0.1) is 10.4 Å². The van der Waals surface area contributed by atoms with Crippen LogP contribution in [-0.4, -0.2) is 55.4 Å². The number of benzene rings is 2. The Hall–Kier alpha value is -2.75. The molecule has 0 radical (unpaired) electrons. The molecule has 9 heteroatoms. The first-order valence-corrected chi connectivity index (χ1v) is 10.6. The Kier molecular flexibility index (Phi) is 4.68. The maximum atomic E-state index is 12.4. The molecule has 0 saturated carbocycles. The molecule has 0 bridgehead atoms. The van der Waals surface area contributed by atoms with E-state index in [1.165, 1.54) is 18.4 Å². The standard InChI is InChI=1S/C20H22N4O4S/c1-23(2)29(27,28)13-6-4-12(5-7-13)15-10-16-18(21-20(25)19(16)22-26)17-11-24(3)9-8-14(15)17/h4-7,10,21,25H,8-9,11H2,1-3H3. The summed E-state index contributed by atoms with van der Waals surface area (Å²) >= 11 is 0. The summed E-state index contributed by atoms with van der Waals surface area (Å²) in [6.45, 7) is 1.55. The van der Waals surface area contributed by atoms with E-state index in [1.807, 2.05) is 13.1 Å². The summed E-state index contributed by atoms with van der Waals surface area (Å²) < 4.78 is 25.9. The highest BCUT2D eigenvalue weighted by Crippen LogP contribution is 2.43. The predicted molar refractivity (Wildman–Crippen MR) is 112 cm³/mol. The van der Waals surface area contributed by atoms with Gasteiger partial charge in [-0.05, 0) is 59.1 Å². The van der Waals surface area contributed by atoms with Gasteiger partial charge in [-0.1, -0.05) is 12.1 Å². The first-order valence-electron chi connectivity index (χ1n) is 9.18. The van der Waals surface area contributed by atoms with Crippen molar-refractivity contribution < 1.29 is 13.5 Å². The third-order valence-corrected chi connectivity index (χ3v) is 7.31. The molecule has 8 nitrogen and oxygen atoms in total. The van der Waals surface area contributed by atoms with Gasteiger partial charge in [-0.3, -0.25) is 0 Å². The fourth-order valence-corrected chi connectivity index (χ4v) is 4.79. The molecular formula is C20H22N4O4S. The number of aromatic nitrogens is 1. The summed E-state index contributed by atoms with van der Waals surface area (Å²) in [5.41, 5.74) is 4.61. The maximum Gasteiger partial charge on any atom is 0.242 e. The second-order valence-corrected chi connectivity index (χ2v) is 9.67. The van der Waals surface area contributed by atoms with Gasteiger partial charge in [-0.2, -0.15) is 0 Å². The van der Waals surface area contributed by atoms with Crippen LogP contribution in [0.25, 0.3) is 22.0 Å². The molecule has 2 aromatic carbocycles. The lowest BCUT2D eigenvalue weighted by Crippen LogP contribution is -2.27. The maximum absolute atomic E-state index is 12.4. The first kappa shape index (κ1) is 19.6. The van der Waals surface area contributed by atoms with Crippen LogP contribution in [0.3, 0.4) is 0 Å². The third kappa shape index (κ3) is 3.11. The van der Waals surface area contributed by atoms with E-state index in [9.17, 15) is 18.4 Å². The Balaban J connectivity index is 1.93. The van der Waals surface area contributed by atoms with Crippen LogP contribution in [-0.2, 0) is 23.0 Å². The number of hydrogen-bond acceptors (Lipinski definition) is 6. The van der Waals surface area contributed by atoms with Gasteiger partial charge in [0.1, 0.15) is 0 Å². The SMILES string of the molecule is CN1CCc2c(-c3ccc(S(=O)(=O)N(C)C)cc3)cc3c(N=O)c(O)[nH]c3c2C1. The van der Waals surface area contributed by atoms with Crippen LogP contribution in [0.5, 0.6) is 5.88 Å². The molecule has 1 aromatic heterocycles. The molecule has 0 unspecified atom stereocenters. The summed E-state index contributed by atoms with van der Waals surface area (Å²) in [6, 6.07) is 8.57. The zero-order chi connectivity index (χ0) is 20.9. The molecule has 152 valence electrons. The van der Waals surface area contributed by atoms with Crippen molar-refractivity contribution in [1.29, 1.82) is 0 Å². The predicted octanol–water partition coefficient (Wildman–Crippen LogP) is 3.18. The monoisotopic (exact) mass is 414 g/mol. The molecule has 4 rings (SSSR count). The number of hydrogen-bond donors (Lipinski definition) is 2. The van der Waals surface area contributed by atoms with Crippen LogP contribution < -0.4 is 0 Å². The zero-order valence-corrected chi connectivity index (χ0v) is 17.2. The van der Waals surface area contributed by atoms with Crippen LogP contribution >= 0.6 is 0 Å². The summed E-state index contributed by atoms with van der Waals surface area (Å²) in [6.07, 6.45) is 0.804. The number of fused-ring (bicyclic) bond motifs is 3. The van der Waals surface area contributed by atoms with E-state index >= 15 is 0 Å². The molecule has 1 aliphatic rings. The number of nitrogens with zero attached hydrogens (tertiary/aromatic N) is 3. The minimum atomic E-state index is -3.51. The number of aromatic amines is 1. The highest BCUT2D eigenvalue weighted by Gasteiger charge is 2.25. The van der Waals surface area contributed by atoms with Crippen molar-refractivity contribution in [1.82, 2.24) is 14.2 Å². The summed E-state index contributed by atoms with van der Waals surface area (Å²) in [5, 5.41) is 13.7. The molecule has 29 heavy (non-hydrogen) atoms. The van der Waals surface area contributed by atoms with E-state index in [0.29, 0.717) is 17.4 Å². The number of likely N-dealkylation sites (N-methyl/N-ethyl adjacent to an activating group) is 1. The average molecular weight is 414 g/mol. The Morgan fingerprint density at radius 2 is 1.86 bits per heavy atom. The van der Waals surface area contributed by atoms with Gasteiger partial charge in [0, 0.05) is 32.6 Å². The highest BCUT2D eigenvalue weighted by atomic mass is 32.2. The number of nitroso groups, excluding NO2 is 1. The number of H-pyrrole nitrogens is 1. The average Bonchev–Trinajstić information content (AvgIpc) is 3.02. The number of sulfonamides is 1. The van der Waals surface area contributed by atoms with Gasteiger partial charge in [0.15, 0.2) is 5.69 Å². The lowest BCUT2D eigenvalue weighted by molar-refractivity contribution is 0.314. The molecule has 3 aromatic rings. The summed E-state index contributed by atoms with van der Waals surface area (Å²) in [4.78, 5) is 16.6. The third-order valence-electron chi connectivity index (χ3n) is 5.48. The van der Waals surface area contributed by atoms with Crippen LogP contribution in [0.1, 0.15) is 11.1 Å². The minimum absolute atomic E-state index is 0.0101. The zero-order valence-electron chi connectivity index (χ0n) is 16.4. The van der Waals surface area contributed by atoms with E-state index < -0.39 is 10.0 Å². The van der Waals surface area contributed by atoms with Crippen LogP contribution in [0.15, 0.2) is 40.4 Å². The Labute approximate surface area is 168 Å². The lowest BCUT2D eigenvalue weighted by Gasteiger charge is -2.27. The first-order chi connectivity index (χ1) is 13.7. The second kappa shape index (κ2) is 6.94. The fourth-order valence-electron chi connectivity index (χ4n) is 3.89. The van der Waals surface area contributed by atoms with Crippen molar-refractivity contribution in [2.24, 2.45) is 5.18 Å². The van der Waals surface area contributed by atoms with Crippen LogP contribution in [0, 0.1) is 4.91 Å². The van der Waals surface area contributed by atoms with Gasteiger partial charge in [0.2, 0.25) is 15.9 Å². The summed E-state index contributed by atoms with van der Waals surface area (Å²) in [7, 11) is 1.50. The number of nitrogens with one attached hydrogen (secondary N) is 1. The number of aromatic hydroxyl groups is 1. The molecule has 0 amide bonds. The second-order valence-electron chi connectivity index (χ2n) is 7.52. The van der Waals surface area contributed by atoms with Gasteiger partial charge in [-0.15, -0.1) is 4.91 Å². The van der Waals surface area contributed by atoms with E-state index in [4.69, 9.17) is 0 Å². The molecular weight excluding hydrogens is 392 g/mol. The van der Waals surface area contributed by atoms with E-state index in [2.05, 4.69) is 15.1 Å². The summed E-state index contributed by atoms with van der Waals surface area (Å²) in [5.74, 6) is -0.241. The normalized spacial score (nSPS) is 15.0. The Morgan fingerprint density at radius 3 is 2.48 bits per heavy atom. The van der Waals surface area contributed by atoms with E-state index in [-0.39, 0.29) is 16.5 Å². The van der Waals surface area contributed by atoms with Crippen molar-refractivity contribution >= 4 is 26.6 Å². The molecule has 0 aliphatic carbocycles. The Bertz CT molecular complexity index is 1210. The lowest BCUT2D eigenvalue weighted by atomic mass is 9.89. The van der Waals surface area contributed by atoms with Gasteiger partial charge in [-0.25, -0.2) is 12.7 Å². The van der Waals surface area contributed by atoms with Crippen molar-refractivity contribution in [3.05, 3.63) is 46.4 Å². The highest BCUT2D eigenvalue weighted by molar-refractivity contribution is 7.89. The van der Waals surface area contributed by atoms with Crippen molar-refractivity contribution in [3.63, 3.8) is 0 Å². The minimum Gasteiger partial charge on any atom is -0.493 e. The number of rotatable bonds is 4. The van der Waals surface area contributed by atoms with Crippen LogP contribution in [0.4, 0.5) is 5.69 Å². The van der Waals surface area contributed by atoms with Crippen molar-refractivity contribution in [3.8, 4) is 17.0 Å². The Morgan fingerprint density at radius 1 is 1.17 bits per heavy atom. The molecule has 0 spiro atoms. The van der Waals surface area contributed by atoms with Gasteiger partial charge < -0.3 is 15.0 Å². The van der Waals surface area contributed by atoms with E-state index in [1.54, 1.807) is 24.3 Å². The van der Waals surface area contributed by atoms with Crippen molar-refractivity contribution in [2.75, 3.05) is 27.7 Å². The molecule has 0 saturated heterocycles. The molecule has 0 atom stereocenters.